The van der Waals surface area contributed by atoms with Crippen molar-refractivity contribution in [1.29, 1.82) is 0 Å². The molecule has 2 unspecified atom stereocenters. The number of ether oxygens (including phenoxy) is 3. The number of aromatic nitrogens is 12. The van der Waals surface area contributed by atoms with E-state index >= 15 is 0 Å². The Morgan fingerprint density at radius 2 is 1.16 bits per heavy atom. The van der Waals surface area contributed by atoms with E-state index in [9.17, 15) is 62.5 Å². The Kier molecular flexibility index (Phi) is 23.6. The number of anilines is 6. The molecule has 604 valence electrons. The molecule has 0 saturated heterocycles. The zero-order valence-corrected chi connectivity index (χ0v) is 66.2. The normalized spacial score (nSPS) is 23.6. The van der Waals surface area contributed by atoms with E-state index in [-0.39, 0.29) is 101 Å². The fourth-order valence-corrected chi connectivity index (χ4v) is 18.0. The van der Waals surface area contributed by atoms with E-state index in [1.165, 1.54) is 49.6 Å². The highest BCUT2D eigenvalue weighted by molar-refractivity contribution is 7.22. The van der Waals surface area contributed by atoms with Crippen LogP contribution in [0.5, 0.6) is 11.8 Å². The minimum absolute atomic E-state index is 0.00784. The Hall–Kier alpha value is -9.22. The van der Waals surface area contributed by atoms with Gasteiger partial charge in [-0.05, 0) is 126 Å². The highest BCUT2D eigenvalue weighted by Crippen LogP contribution is 2.49. The van der Waals surface area contributed by atoms with Gasteiger partial charge < -0.3 is 87.2 Å². The third-order valence-electron chi connectivity index (χ3n) is 21.0. The number of aryl methyl sites for hydroxylation is 5. The van der Waals surface area contributed by atoms with E-state index in [0.29, 0.717) is 60.3 Å². The monoisotopic (exact) mass is 1620 g/mol. The summed E-state index contributed by atoms with van der Waals surface area (Å²) < 4.78 is 90.3. The second-order valence-corrected chi connectivity index (χ2v) is 32.8. The number of nitrogens with zero attached hydrogens (tertiary/aromatic N) is 12. The lowest BCUT2D eigenvalue weighted by Crippen LogP contribution is -2.53. The zero-order valence-electron chi connectivity index (χ0n) is 63.8. The molecule has 3 aliphatic carbocycles. The van der Waals surface area contributed by atoms with Crippen LogP contribution >= 0.6 is 34.0 Å². The van der Waals surface area contributed by atoms with Gasteiger partial charge in [0.25, 0.3) is 0 Å². The van der Waals surface area contributed by atoms with Gasteiger partial charge in [0.05, 0.1) is 103 Å². The van der Waals surface area contributed by atoms with Crippen molar-refractivity contribution >= 4 is 106 Å². The summed E-state index contributed by atoms with van der Waals surface area (Å²) in [6.45, 7) is 19.6. The fourth-order valence-electron chi connectivity index (χ4n) is 14.8. The second-order valence-electron chi connectivity index (χ2n) is 29.7. The molecular formula is C75H90F5N19O11S3. The van der Waals surface area contributed by atoms with Crippen molar-refractivity contribution in [3.8, 4) is 43.5 Å². The zero-order chi connectivity index (χ0) is 81.1. The molecule has 3 aliphatic rings. The van der Waals surface area contributed by atoms with Crippen LogP contribution in [-0.2, 0) is 9.53 Å². The Balaban J connectivity index is 0.839. The number of thiazole rings is 3. The van der Waals surface area contributed by atoms with E-state index in [1.54, 1.807) is 45.3 Å². The van der Waals surface area contributed by atoms with Crippen molar-refractivity contribution in [3.05, 3.63) is 95.0 Å². The molecule has 14 N–H and O–H groups in total. The Bertz CT molecular complexity index is 5120. The number of benzene rings is 1. The average molecular weight is 1620 g/mol. The van der Waals surface area contributed by atoms with E-state index in [0.717, 1.165) is 38.4 Å². The number of hydrogen-bond donors (Lipinski definition) is 14. The van der Waals surface area contributed by atoms with Crippen molar-refractivity contribution in [2.75, 3.05) is 64.8 Å². The predicted octanol–water partition coefficient (Wildman–Crippen LogP) is 9.62. The van der Waals surface area contributed by atoms with Crippen LogP contribution in [0.15, 0.2) is 61.1 Å². The highest BCUT2D eigenvalue weighted by Gasteiger charge is 2.58. The van der Waals surface area contributed by atoms with E-state index in [1.807, 2.05) is 77.2 Å². The molecule has 0 spiro atoms. The second kappa shape index (κ2) is 32.6. The largest absolute Gasteiger partial charge is 0.470 e. The number of carbonyl (C=O) groups is 1. The van der Waals surface area contributed by atoms with Crippen LogP contribution in [0.1, 0.15) is 108 Å². The molecule has 9 aromatic heterocycles. The number of fused-ring (bicyclic) bond motifs is 3. The van der Waals surface area contributed by atoms with Gasteiger partial charge in [0.15, 0.2) is 5.60 Å². The van der Waals surface area contributed by atoms with E-state index in [2.05, 4.69) is 51.8 Å². The SMILES string of the molecule is CCNC(=O)C(O)[C@H]1C[C@@H](Nc2nc(N[C@H](C)COCC)nc(C)c2-c2nc3c(O[C@@]4(C)C(Nc5nc(N[C@H](C)c6ccc(C)cc6)nc(C)c5-c5nc6c(C)nccc6s5)C[C@H](CO)[C@H]4O)nccc3s2)[C@H](O)[C@@H]1Oc1nccc2sc(-c3c(C)nc(NCC(F)(F)C(F)(F)F)nc3N[C@@H]3C[C@H](C(C)(C)O)[C@@H](O)[C@H]3O)nc12. The lowest BCUT2D eigenvalue weighted by Gasteiger charge is -2.36. The van der Waals surface area contributed by atoms with Crippen LogP contribution in [0, 0.1) is 52.4 Å². The van der Waals surface area contributed by atoms with Crippen LogP contribution in [0.4, 0.5) is 57.3 Å². The summed E-state index contributed by atoms with van der Waals surface area (Å²) in [5, 5.41) is 104. The number of halogens is 5. The maximum absolute atomic E-state index is 14.3. The number of aliphatic hydroxyl groups excluding tert-OH is 6. The summed E-state index contributed by atoms with van der Waals surface area (Å²) in [5.41, 5.74) is 3.00. The van der Waals surface area contributed by atoms with Gasteiger partial charge >= 0.3 is 12.1 Å². The lowest BCUT2D eigenvalue weighted by molar-refractivity contribution is -0.275. The quantitative estimate of drug-likeness (QED) is 0.0194. The van der Waals surface area contributed by atoms with Gasteiger partial charge in [0, 0.05) is 62.1 Å². The van der Waals surface area contributed by atoms with Crippen LogP contribution in [-0.4, -0.2) is 218 Å². The Morgan fingerprint density at radius 1 is 0.637 bits per heavy atom. The summed E-state index contributed by atoms with van der Waals surface area (Å²) in [6.07, 6.45) is -10.3. The molecule has 30 nitrogen and oxygen atoms in total. The molecule has 38 heteroatoms. The molecule has 1 aromatic carbocycles. The Morgan fingerprint density at radius 3 is 1.71 bits per heavy atom. The molecule has 3 saturated carbocycles. The average Bonchev–Trinajstić information content (AvgIpc) is 1.61. The number of pyridine rings is 3. The molecule has 113 heavy (non-hydrogen) atoms. The number of amides is 1. The summed E-state index contributed by atoms with van der Waals surface area (Å²) in [4.78, 5) is 71.4. The first-order chi connectivity index (χ1) is 53.6. The van der Waals surface area contributed by atoms with Crippen molar-refractivity contribution in [3.63, 3.8) is 0 Å². The van der Waals surface area contributed by atoms with Crippen molar-refractivity contribution < 1.29 is 76.7 Å². The smallest absolute Gasteiger partial charge is 0.455 e. The topological polar surface area (TPSA) is 425 Å². The lowest BCUT2D eigenvalue weighted by atomic mass is 9.88. The standard InChI is InChI=1S/C75H90F5N19O11S3/c1-13-81-63(106)54(101)40-26-42(57(104)58(40)109-64-52-45(20-23-83-64)112-67(95-52)48-34(6)88-69(85-30-74(76,77)75(78,79)80)97-60(48)92-43-27-41(72(10,11)107)55(102)56(43)103)91-61-49(35(7)89-70(98-61)86-32(4)29-108-14-2)68-96-53-46(113-68)21-24-84-65(53)110-73(12)47(25-39(28-100)59(73)105)93-62-50(66-94-51-37(9)82-22-19-44(51)111-66)36(8)90-71(99-62)87-33(5)38-17-15-31(3)16-18-38/h15-24,32-33,39-43,47,54-59,100-105,107H,13-14,25-30H2,1-12H3,(H,81,106)(H2,85,88,92,97)(H2,86,89,91,98)(H2,87,90,93,99)/t32-,33-,39-,40-,41+,42-,43-,47?,54?,55-,56+,57+,58-,59-,73+/m1/s1. The van der Waals surface area contributed by atoms with Gasteiger partial charge in [-0.2, -0.15) is 36.9 Å². The number of carbonyl (C=O) groups excluding carboxylic acids is 1. The molecule has 0 aliphatic heterocycles. The molecular weight excluding hydrogens is 1530 g/mol. The molecule has 10 aromatic rings. The van der Waals surface area contributed by atoms with Gasteiger partial charge in [0.2, 0.25) is 35.5 Å². The third-order valence-corrected chi connectivity index (χ3v) is 24.1. The summed E-state index contributed by atoms with van der Waals surface area (Å²) in [7, 11) is 0. The van der Waals surface area contributed by atoms with Crippen molar-refractivity contribution in [2.24, 2.45) is 17.8 Å². The molecule has 0 bridgehead atoms. The maximum Gasteiger partial charge on any atom is 0.455 e. The van der Waals surface area contributed by atoms with Crippen molar-refractivity contribution in [1.82, 2.24) is 65.1 Å². The first-order valence-electron chi connectivity index (χ1n) is 37.0. The highest BCUT2D eigenvalue weighted by atomic mass is 32.1. The number of nitrogens with one attached hydrogen (secondary N) is 7. The number of alkyl halides is 5. The minimum atomic E-state index is -5.92. The molecule has 15 atom stereocenters. The van der Waals surface area contributed by atoms with Gasteiger partial charge in [-0.3, -0.25) is 9.78 Å². The predicted molar refractivity (Wildman–Crippen MR) is 419 cm³/mol. The van der Waals surface area contributed by atoms with Crippen molar-refractivity contribution in [2.45, 2.75) is 192 Å². The van der Waals surface area contributed by atoms with Crippen LogP contribution in [0.3, 0.4) is 0 Å². The molecule has 3 fully saturated rings. The number of aliphatic hydroxyl groups is 7. The van der Waals surface area contributed by atoms with E-state index < -0.39 is 121 Å². The first kappa shape index (κ1) is 81.8. The first-order valence-corrected chi connectivity index (χ1v) is 39.4. The number of likely N-dealkylation sites (N-methyl/N-ethyl adjacent to an activating group) is 1. The van der Waals surface area contributed by atoms with Crippen LogP contribution in [0.2, 0.25) is 0 Å². The molecule has 0 radical (unpaired) electrons. The molecule has 1 amide bonds. The third kappa shape index (κ3) is 16.7. The van der Waals surface area contributed by atoms with Gasteiger partial charge in [-0.15, -0.1) is 34.0 Å². The number of rotatable bonds is 29. The van der Waals surface area contributed by atoms with E-state index in [4.69, 9.17) is 54.1 Å². The summed E-state index contributed by atoms with van der Waals surface area (Å²) in [5.74, 6) is -8.73. The maximum atomic E-state index is 14.3. The van der Waals surface area contributed by atoms with Gasteiger partial charge in [0.1, 0.15) is 79.5 Å². The van der Waals surface area contributed by atoms with Crippen LogP contribution in [0.25, 0.3) is 62.4 Å². The van der Waals surface area contributed by atoms with Gasteiger partial charge in [-0.25, -0.2) is 39.9 Å². The Labute approximate surface area is 657 Å². The summed E-state index contributed by atoms with van der Waals surface area (Å²) >= 11 is 3.73. The number of hydrogen-bond acceptors (Lipinski definition) is 32. The molecule has 9 heterocycles. The summed E-state index contributed by atoms with van der Waals surface area (Å²) in [6, 6.07) is 9.95. The molecule has 13 rings (SSSR count). The van der Waals surface area contributed by atoms with Gasteiger partial charge in [-0.1, -0.05) is 29.8 Å². The minimum Gasteiger partial charge on any atom is -0.470 e. The fraction of sp³-hybridized carbons (Fsp3) is 0.507. The van der Waals surface area contributed by atoms with Crippen LogP contribution < -0.4 is 46.7 Å².